The zero-order valence-electron chi connectivity index (χ0n) is 10.7. The molecule has 0 bridgehead atoms. The van der Waals surface area contributed by atoms with Gasteiger partial charge in [-0.2, -0.15) is 0 Å². The Morgan fingerprint density at radius 1 is 1.14 bits per heavy atom. The molecule has 5 nitrogen and oxygen atoms in total. The van der Waals surface area contributed by atoms with Gasteiger partial charge in [-0.1, -0.05) is 12.1 Å². The van der Waals surface area contributed by atoms with E-state index in [0.29, 0.717) is 5.56 Å². The monoisotopic (exact) mass is 347 g/mol. The minimum atomic E-state index is -0.490. The van der Waals surface area contributed by atoms with Gasteiger partial charge in [0.05, 0.1) is 15.0 Å². The molecule has 0 fully saturated rings. The molecule has 0 saturated carbocycles. The summed E-state index contributed by atoms with van der Waals surface area (Å²) in [4.78, 5) is 22.2. The van der Waals surface area contributed by atoms with Crippen LogP contribution in [0.4, 0.5) is 5.69 Å². The number of allylic oxidation sites excluding steroid dienone is 1. The maximum atomic E-state index is 12.2. The number of nitrogens with zero attached hydrogens (tertiary/aromatic N) is 1. The number of hydrogen-bond donors (Lipinski definition) is 1. The predicted octanol–water partition coefficient (Wildman–Crippen LogP) is 3.92. The van der Waals surface area contributed by atoms with E-state index in [2.05, 4.69) is 15.9 Å². The first-order valence-corrected chi connectivity index (χ1v) is 6.72. The number of nitro benzene ring substituents is 1. The van der Waals surface area contributed by atoms with E-state index in [0.717, 1.165) is 0 Å². The molecule has 0 aliphatic rings. The van der Waals surface area contributed by atoms with Crippen LogP contribution in [0.2, 0.25) is 0 Å². The number of non-ortho nitro benzene ring substituents is 1. The van der Waals surface area contributed by atoms with Crippen molar-refractivity contribution in [3.63, 3.8) is 0 Å². The van der Waals surface area contributed by atoms with Crippen molar-refractivity contribution in [2.24, 2.45) is 0 Å². The maximum Gasteiger partial charge on any atom is 0.269 e. The van der Waals surface area contributed by atoms with E-state index >= 15 is 0 Å². The molecule has 2 rings (SSSR count). The fourth-order valence-electron chi connectivity index (χ4n) is 1.70. The van der Waals surface area contributed by atoms with Crippen LogP contribution in [-0.2, 0) is 0 Å². The Balaban J connectivity index is 2.26. The number of phenolic OH excluding ortho intramolecular Hbond substituents is 1. The van der Waals surface area contributed by atoms with Crippen LogP contribution in [0.3, 0.4) is 0 Å². The average molecular weight is 348 g/mol. The van der Waals surface area contributed by atoms with Crippen molar-refractivity contribution in [2.75, 3.05) is 0 Å². The van der Waals surface area contributed by atoms with E-state index in [9.17, 15) is 20.0 Å². The summed E-state index contributed by atoms with van der Waals surface area (Å²) < 4.78 is 0.248. The summed E-state index contributed by atoms with van der Waals surface area (Å²) in [5.74, 6) is -0.469. The highest BCUT2D eigenvalue weighted by Crippen LogP contribution is 2.24. The van der Waals surface area contributed by atoms with Gasteiger partial charge in [0, 0.05) is 12.1 Å². The summed E-state index contributed by atoms with van der Waals surface area (Å²) in [5, 5.41) is 20.2. The third-order valence-electron chi connectivity index (χ3n) is 2.76. The molecule has 2 aromatic carbocycles. The van der Waals surface area contributed by atoms with Crippen LogP contribution in [-0.4, -0.2) is 15.8 Å². The maximum absolute atomic E-state index is 12.2. The normalized spacial score (nSPS) is 11.2. The second-order valence-electron chi connectivity index (χ2n) is 4.19. The summed E-state index contributed by atoms with van der Waals surface area (Å²) in [6.07, 6.45) is 1.54. The quantitative estimate of drug-likeness (QED) is 0.393. The van der Waals surface area contributed by atoms with E-state index in [-0.39, 0.29) is 27.3 Å². The van der Waals surface area contributed by atoms with Gasteiger partial charge in [0.25, 0.3) is 5.69 Å². The zero-order valence-corrected chi connectivity index (χ0v) is 12.3. The highest BCUT2D eigenvalue weighted by Gasteiger charge is 2.13. The molecule has 0 aliphatic carbocycles. The summed E-state index contributed by atoms with van der Waals surface area (Å²) in [6.45, 7) is 0. The van der Waals surface area contributed by atoms with E-state index in [4.69, 9.17) is 0 Å². The van der Waals surface area contributed by atoms with Crippen molar-refractivity contribution in [3.8, 4) is 5.75 Å². The molecule has 0 radical (unpaired) electrons. The molecule has 0 spiro atoms. The molecule has 0 heterocycles. The molecular formula is C15H10BrNO4. The highest BCUT2D eigenvalue weighted by molar-refractivity contribution is 9.12. The molecule has 0 atom stereocenters. The standard InChI is InChI=1S/C15H10BrNO4/c16-13(15(19)12-3-1-2-4-14(12)18)9-10-5-7-11(8-6-10)17(20)21/h1-9,18H/b13-9+. The van der Waals surface area contributed by atoms with Gasteiger partial charge in [-0.25, -0.2) is 0 Å². The lowest BCUT2D eigenvalue weighted by atomic mass is 10.1. The summed E-state index contributed by atoms with van der Waals surface area (Å²) >= 11 is 3.16. The molecule has 21 heavy (non-hydrogen) atoms. The first kappa shape index (κ1) is 14.9. The number of carbonyl (C=O) groups excluding carboxylic acids is 1. The number of para-hydroxylation sites is 1. The van der Waals surface area contributed by atoms with Crippen molar-refractivity contribution in [1.82, 2.24) is 0 Å². The van der Waals surface area contributed by atoms with E-state index in [1.807, 2.05) is 0 Å². The Bertz CT molecular complexity index is 723. The molecule has 1 N–H and O–H groups in total. The number of hydrogen-bond acceptors (Lipinski definition) is 4. The van der Waals surface area contributed by atoms with Gasteiger partial charge < -0.3 is 5.11 Å². The number of rotatable bonds is 4. The van der Waals surface area contributed by atoms with E-state index in [1.54, 1.807) is 18.2 Å². The summed E-state index contributed by atoms with van der Waals surface area (Å²) in [7, 11) is 0. The number of nitro groups is 1. The Morgan fingerprint density at radius 2 is 1.76 bits per heavy atom. The summed E-state index contributed by atoms with van der Waals surface area (Å²) in [6, 6.07) is 12.0. The first-order chi connectivity index (χ1) is 9.99. The van der Waals surface area contributed by atoms with E-state index in [1.165, 1.54) is 36.4 Å². The third kappa shape index (κ3) is 3.55. The van der Waals surface area contributed by atoms with Crippen molar-refractivity contribution >= 4 is 33.5 Å². The molecule has 106 valence electrons. The average Bonchev–Trinajstić information content (AvgIpc) is 2.47. The van der Waals surface area contributed by atoms with E-state index < -0.39 is 4.92 Å². The van der Waals surface area contributed by atoms with Gasteiger partial charge in [0.15, 0.2) is 0 Å². The van der Waals surface area contributed by atoms with Gasteiger partial charge >= 0.3 is 0 Å². The van der Waals surface area contributed by atoms with Gasteiger partial charge in [0.1, 0.15) is 5.75 Å². The van der Waals surface area contributed by atoms with Gasteiger partial charge in [0.2, 0.25) is 5.78 Å². The molecule has 0 unspecified atom stereocenters. The third-order valence-corrected chi connectivity index (χ3v) is 3.35. The molecule has 0 aromatic heterocycles. The van der Waals surface area contributed by atoms with Crippen LogP contribution in [0, 0.1) is 10.1 Å². The first-order valence-electron chi connectivity index (χ1n) is 5.93. The van der Waals surface area contributed by atoms with Crippen LogP contribution in [0.25, 0.3) is 6.08 Å². The second kappa shape index (κ2) is 6.32. The highest BCUT2D eigenvalue weighted by atomic mass is 79.9. The van der Waals surface area contributed by atoms with Crippen molar-refractivity contribution < 1.29 is 14.8 Å². The van der Waals surface area contributed by atoms with Crippen LogP contribution in [0.1, 0.15) is 15.9 Å². The van der Waals surface area contributed by atoms with Crippen molar-refractivity contribution in [3.05, 3.63) is 74.3 Å². The van der Waals surface area contributed by atoms with Gasteiger partial charge in [-0.15, -0.1) is 0 Å². The Morgan fingerprint density at radius 3 is 2.33 bits per heavy atom. The topological polar surface area (TPSA) is 80.4 Å². The molecule has 0 aliphatic heterocycles. The SMILES string of the molecule is O=C(/C(Br)=C\c1ccc([N+](=O)[O-])cc1)c1ccccc1O. The largest absolute Gasteiger partial charge is 0.507 e. The van der Waals surface area contributed by atoms with Crippen LogP contribution in [0.5, 0.6) is 5.75 Å². The molecule has 0 amide bonds. The zero-order chi connectivity index (χ0) is 15.4. The number of benzene rings is 2. The van der Waals surface area contributed by atoms with Gasteiger partial charge in [-0.05, 0) is 51.8 Å². The molecule has 2 aromatic rings. The Kier molecular flexibility index (Phi) is 4.49. The number of halogens is 1. The van der Waals surface area contributed by atoms with Crippen LogP contribution in [0.15, 0.2) is 53.0 Å². The van der Waals surface area contributed by atoms with Gasteiger partial charge in [-0.3, -0.25) is 14.9 Å². The van der Waals surface area contributed by atoms with Crippen molar-refractivity contribution in [1.29, 1.82) is 0 Å². The lowest BCUT2D eigenvalue weighted by Crippen LogP contribution is -1.98. The number of phenols is 1. The Labute approximate surface area is 128 Å². The van der Waals surface area contributed by atoms with Crippen molar-refractivity contribution in [2.45, 2.75) is 0 Å². The number of ketones is 1. The lowest BCUT2D eigenvalue weighted by Gasteiger charge is -2.02. The summed E-state index contributed by atoms with van der Waals surface area (Å²) in [5.41, 5.74) is 0.800. The fraction of sp³-hybridized carbons (Fsp3) is 0. The van der Waals surface area contributed by atoms with Crippen LogP contribution < -0.4 is 0 Å². The number of Topliss-reactive ketones (excluding diaryl/α,β-unsaturated/α-hetero) is 1. The molecular weight excluding hydrogens is 338 g/mol. The van der Waals surface area contributed by atoms with Crippen LogP contribution >= 0.6 is 15.9 Å². The fourth-order valence-corrected chi connectivity index (χ4v) is 2.18. The second-order valence-corrected chi connectivity index (χ2v) is 5.04. The minimum absolute atomic E-state index is 0.0182. The number of aromatic hydroxyl groups is 1. The minimum Gasteiger partial charge on any atom is -0.507 e. The molecule has 0 saturated heterocycles. The predicted molar refractivity (Wildman–Crippen MR) is 82.4 cm³/mol. The Hall–Kier alpha value is -2.47. The lowest BCUT2D eigenvalue weighted by molar-refractivity contribution is -0.384. The molecule has 6 heteroatoms. The smallest absolute Gasteiger partial charge is 0.269 e. The number of carbonyl (C=O) groups is 1.